The predicted octanol–water partition coefficient (Wildman–Crippen LogP) is 6.96. The van der Waals surface area contributed by atoms with Crippen LogP contribution in [0.2, 0.25) is 0 Å². The van der Waals surface area contributed by atoms with Gasteiger partial charge < -0.3 is 33.0 Å². The van der Waals surface area contributed by atoms with Crippen molar-refractivity contribution >= 4 is 39.8 Å². The summed E-state index contributed by atoms with van der Waals surface area (Å²) in [5.41, 5.74) is 4.82. The number of ether oxygens (including phenoxy) is 6. The van der Waals surface area contributed by atoms with Crippen LogP contribution in [0.3, 0.4) is 0 Å². The van der Waals surface area contributed by atoms with Crippen molar-refractivity contribution in [1.29, 1.82) is 0 Å². The zero-order valence-electron chi connectivity index (χ0n) is 23.3. The molecule has 0 unspecified atom stereocenters. The Kier molecular flexibility index (Phi) is 6.94. The van der Waals surface area contributed by atoms with Crippen LogP contribution in [-0.2, 0) is 11.3 Å². The topological polar surface area (TPSA) is 103 Å². The summed E-state index contributed by atoms with van der Waals surface area (Å²) in [7, 11) is 1.63. The molecule has 1 aliphatic heterocycles. The highest BCUT2D eigenvalue weighted by Crippen LogP contribution is 2.46. The van der Waals surface area contributed by atoms with Crippen LogP contribution in [0.4, 0.5) is 4.79 Å². The Bertz CT molecular complexity index is 1790. The molecule has 2 aromatic heterocycles. The molecule has 5 aromatic rings. The molecule has 10 nitrogen and oxygen atoms in total. The third-order valence-electron chi connectivity index (χ3n) is 7.66. The molecule has 11 heteroatoms. The maximum absolute atomic E-state index is 12.9. The van der Waals surface area contributed by atoms with Gasteiger partial charge in [0.2, 0.25) is 12.7 Å². The van der Waals surface area contributed by atoms with E-state index in [9.17, 15) is 4.79 Å². The van der Waals surface area contributed by atoms with E-state index >= 15 is 0 Å². The number of benzene rings is 3. The molecular weight excluding hydrogens is 558 g/mol. The van der Waals surface area contributed by atoms with E-state index in [2.05, 4.69) is 8.75 Å². The second-order valence-corrected chi connectivity index (χ2v) is 10.8. The molecule has 1 fully saturated rings. The van der Waals surface area contributed by atoms with Gasteiger partial charge in [-0.15, -0.1) is 0 Å². The fourth-order valence-electron chi connectivity index (χ4n) is 5.70. The van der Waals surface area contributed by atoms with E-state index in [-0.39, 0.29) is 19.5 Å². The smallest absolute Gasteiger partial charge is 0.493 e. The number of nitrogens with zero attached hydrogens (tertiary/aromatic N) is 3. The summed E-state index contributed by atoms with van der Waals surface area (Å²) in [4.78, 5) is 12.9. The van der Waals surface area contributed by atoms with Crippen LogP contribution in [0, 0.1) is 0 Å². The van der Waals surface area contributed by atoms with Gasteiger partial charge in [-0.1, -0.05) is 12.1 Å². The molecular formula is C31H29N3O7S. The Morgan fingerprint density at radius 2 is 1.83 bits per heavy atom. The monoisotopic (exact) mass is 587 g/mol. The minimum absolute atomic E-state index is 0.128. The second kappa shape index (κ2) is 11.1. The van der Waals surface area contributed by atoms with E-state index in [1.165, 1.54) is 0 Å². The molecule has 1 saturated carbocycles. The zero-order valence-corrected chi connectivity index (χ0v) is 24.1. The van der Waals surface area contributed by atoms with E-state index in [1.54, 1.807) is 14.0 Å². The Hall–Kier alpha value is -4.51. The van der Waals surface area contributed by atoms with Gasteiger partial charge in [-0.25, -0.2) is 4.79 Å². The first kappa shape index (κ1) is 26.4. The summed E-state index contributed by atoms with van der Waals surface area (Å²) in [6, 6.07) is 15.5. The average Bonchev–Trinajstić information content (AvgIpc) is 3.80. The fraction of sp³-hybridized carbons (Fsp3) is 0.323. The lowest BCUT2D eigenvalue weighted by molar-refractivity contribution is 0.101. The van der Waals surface area contributed by atoms with Crippen LogP contribution >= 0.6 is 11.7 Å². The molecule has 7 rings (SSSR count). The van der Waals surface area contributed by atoms with Gasteiger partial charge in [0.15, 0.2) is 23.0 Å². The third-order valence-corrected chi connectivity index (χ3v) is 8.22. The number of carbonyl (C=O) groups is 1. The van der Waals surface area contributed by atoms with E-state index in [4.69, 9.17) is 28.4 Å². The zero-order chi connectivity index (χ0) is 28.6. The van der Waals surface area contributed by atoms with Crippen LogP contribution in [0.25, 0.3) is 33.1 Å². The number of fused-ring (bicyclic) bond motifs is 3. The highest BCUT2D eigenvalue weighted by Gasteiger charge is 2.27. The molecule has 0 spiro atoms. The van der Waals surface area contributed by atoms with E-state index in [1.807, 2.05) is 53.1 Å². The maximum Gasteiger partial charge on any atom is 0.515 e. The van der Waals surface area contributed by atoms with Gasteiger partial charge in [0.1, 0.15) is 11.0 Å². The van der Waals surface area contributed by atoms with E-state index in [0.717, 1.165) is 70.5 Å². The second-order valence-electron chi connectivity index (χ2n) is 10.3. The first-order valence-electron chi connectivity index (χ1n) is 14.0. The number of aromatic nitrogens is 3. The van der Waals surface area contributed by atoms with Gasteiger partial charge in [0, 0.05) is 11.5 Å². The number of hydrogen-bond acceptors (Lipinski definition) is 10. The fourth-order valence-corrected chi connectivity index (χ4v) is 6.21. The van der Waals surface area contributed by atoms with Crippen molar-refractivity contribution in [2.45, 2.75) is 45.3 Å². The summed E-state index contributed by atoms with van der Waals surface area (Å²) >= 11 is 1.15. The van der Waals surface area contributed by atoms with Crippen LogP contribution in [0.5, 0.6) is 28.9 Å². The molecule has 0 saturated heterocycles. The van der Waals surface area contributed by atoms with Gasteiger partial charge in [0.05, 0.1) is 49.2 Å². The molecule has 1 aliphatic carbocycles. The van der Waals surface area contributed by atoms with E-state index < -0.39 is 6.16 Å². The highest BCUT2D eigenvalue weighted by atomic mass is 32.1. The summed E-state index contributed by atoms with van der Waals surface area (Å²) in [6.07, 6.45) is 3.63. The van der Waals surface area contributed by atoms with Gasteiger partial charge in [-0.3, -0.25) is 0 Å². The number of rotatable bonds is 8. The Morgan fingerprint density at radius 1 is 1.00 bits per heavy atom. The molecule has 0 atom stereocenters. The molecule has 42 heavy (non-hydrogen) atoms. The van der Waals surface area contributed by atoms with E-state index in [0.29, 0.717) is 41.0 Å². The minimum Gasteiger partial charge on any atom is -0.493 e. The van der Waals surface area contributed by atoms with Gasteiger partial charge in [0.25, 0.3) is 0 Å². The summed E-state index contributed by atoms with van der Waals surface area (Å²) < 4.78 is 45.4. The first-order chi connectivity index (χ1) is 20.6. The van der Waals surface area contributed by atoms with Crippen molar-refractivity contribution in [3.63, 3.8) is 0 Å². The number of hydrogen-bond donors (Lipinski definition) is 0. The van der Waals surface area contributed by atoms with Gasteiger partial charge in [-0.05, 0) is 74.1 Å². The molecule has 3 heterocycles. The van der Waals surface area contributed by atoms with Crippen molar-refractivity contribution in [3.05, 3.63) is 54.1 Å². The first-order valence-corrected chi connectivity index (χ1v) is 14.7. The SMILES string of the molecule is CCOC(=O)Oc1c(-c2ccc3nsnc3c2)c2cc(OC)c(OC3CCCC3)cc2n1Cc1ccc2c(c1)OCO2. The van der Waals surface area contributed by atoms with Gasteiger partial charge in [-0.2, -0.15) is 8.75 Å². The largest absolute Gasteiger partial charge is 0.515 e. The molecule has 0 N–H and O–H groups in total. The summed E-state index contributed by atoms with van der Waals surface area (Å²) in [5, 5.41) is 0.827. The molecule has 0 radical (unpaired) electrons. The third kappa shape index (κ3) is 4.83. The summed E-state index contributed by atoms with van der Waals surface area (Å²) in [5.74, 6) is 2.96. The molecule has 3 aromatic carbocycles. The van der Waals surface area contributed by atoms with Crippen molar-refractivity contribution in [3.8, 4) is 40.0 Å². The lowest BCUT2D eigenvalue weighted by Crippen LogP contribution is -2.14. The van der Waals surface area contributed by atoms with Crippen molar-refractivity contribution in [1.82, 2.24) is 13.3 Å². The summed E-state index contributed by atoms with van der Waals surface area (Å²) in [6.45, 7) is 2.48. The number of carbonyl (C=O) groups excluding carboxylic acids is 1. The predicted molar refractivity (Wildman–Crippen MR) is 157 cm³/mol. The lowest BCUT2D eigenvalue weighted by Gasteiger charge is -2.17. The normalized spacial score (nSPS) is 14.5. The van der Waals surface area contributed by atoms with Crippen LogP contribution in [0.1, 0.15) is 38.2 Å². The van der Waals surface area contributed by atoms with Crippen molar-refractivity contribution in [2.75, 3.05) is 20.5 Å². The van der Waals surface area contributed by atoms with Crippen LogP contribution in [0.15, 0.2) is 48.5 Å². The highest BCUT2D eigenvalue weighted by molar-refractivity contribution is 7.00. The van der Waals surface area contributed by atoms with Crippen LogP contribution < -0.4 is 23.7 Å². The standard InChI is InChI=1S/C31H29N3O7S/c1-3-37-31(35)41-30-29(19-9-10-22-23(13-19)33-42-32-22)21-14-26(36-2)28(40-20-6-4-5-7-20)15-24(21)34(30)16-18-8-11-25-27(12-18)39-17-38-25/h8-15,20H,3-7,16-17H2,1-2H3. The quantitative estimate of drug-likeness (QED) is 0.178. The molecule has 0 bridgehead atoms. The Morgan fingerprint density at radius 3 is 2.67 bits per heavy atom. The average molecular weight is 588 g/mol. The van der Waals surface area contributed by atoms with Crippen molar-refractivity contribution < 1.29 is 33.2 Å². The molecule has 216 valence electrons. The maximum atomic E-state index is 12.9. The Balaban J connectivity index is 1.46. The minimum atomic E-state index is -0.792. The van der Waals surface area contributed by atoms with Gasteiger partial charge >= 0.3 is 6.16 Å². The van der Waals surface area contributed by atoms with Crippen LogP contribution in [-0.4, -0.2) is 46.1 Å². The Labute approximate surface area is 246 Å². The molecule has 0 amide bonds. The lowest BCUT2D eigenvalue weighted by atomic mass is 10.0. The number of methoxy groups -OCH3 is 1. The molecule has 2 aliphatic rings. The van der Waals surface area contributed by atoms with Crippen molar-refractivity contribution in [2.24, 2.45) is 0 Å².